The molecule has 8 heteroatoms. The van der Waals surface area contributed by atoms with Crippen molar-refractivity contribution in [3.05, 3.63) is 47.5 Å². The van der Waals surface area contributed by atoms with Crippen molar-refractivity contribution < 1.29 is 9.13 Å². The van der Waals surface area contributed by atoms with Gasteiger partial charge in [-0.2, -0.15) is 0 Å². The van der Waals surface area contributed by atoms with Crippen molar-refractivity contribution in [2.75, 3.05) is 38.2 Å². The summed E-state index contributed by atoms with van der Waals surface area (Å²) in [7, 11) is 0. The first-order valence-electron chi connectivity index (χ1n) is 8.33. The highest BCUT2D eigenvalue weighted by Crippen LogP contribution is 2.25. The number of nitrogens with one attached hydrogen (secondary N) is 1. The second-order valence-corrected chi connectivity index (χ2v) is 7.07. The van der Waals surface area contributed by atoms with Gasteiger partial charge >= 0.3 is 0 Å². The summed E-state index contributed by atoms with van der Waals surface area (Å²) in [5, 5.41) is 8.77. The molecule has 6 nitrogen and oxygen atoms in total. The molecule has 0 radical (unpaired) electrons. The smallest absolute Gasteiger partial charge is 0.214 e. The van der Waals surface area contributed by atoms with E-state index in [-0.39, 0.29) is 11.9 Å². The van der Waals surface area contributed by atoms with Crippen molar-refractivity contribution in [1.82, 2.24) is 19.5 Å². The van der Waals surface area contributed by atoms with Gasteiger partial charge in [0, 0.05) is 19.6 Å². The highest BCUT2D eigenvalue weighted by Gasteiger charge is 2.23. The van der Waals surface area contributed by atoms with Crippen LogP contribution in [0.2, 0.25) is 0 Å². The Morgan fingerprint density at radius 3 is 2.76 bits per heavy atom. The Bertz CT molecular complexity index is 809. The molecule has 132 valence electrons. The summed E-state index contributed by atoms with van der Waals surface area (Å²) in [6, 6.07) is 6.89. The van der Waals surface area contributed by atoms with Crippen LogP contribution < -0.4 is 5.32 Å². The summed E-state index contributed by atoms with van der Waals surface area (Å²) in [4.78, 5) is 7.68. The highest BCUT2D eigenvalue weighted by molar-refractivity contribution is 7.20. The predicted molar refractivity (Wildman–Crippen MR) is 95.6 cm³/mol. The molecule has 0 spiro atoms. The number of hydrogen-bond donors (Lipinski definition) is 1. The number of benzene rings is 1. The minimum atomic E-state index is -0.214. The molecule has 2 aromatic heterocycles. The van der Waals surface area contributed by atoms with E-state index in [1.165, 1.54) is 23.5 Å². The van der Waals surface area contributed by atoms with E-state index < -0.39 is 0 Å². The molecule has 0 aliphatic carbocycles. The fourth-order valence-electron chi connectivity index (χ4n) is 3.10. The van der Waals surface area contributed by atoms with Crippen LogP contribution in [0.15, 0.2) is 30.5 Å². The number of imidazole rings is 1. The standard InChI is InChI=1S/C17H20FN5OS/c1-12-11-23-17(20-12)25-16(21-23)19-10-15(22-6-8-24-9-7-22)13-2-4-14(18)5-3-13/h2-5,11,15H,6-10H2,1H3,(H,19,21). The molecule has 1 aliphatic rings. The van der Waals surface area contributed by atoms with Crippen LogP contribution in [-0.4, -0.2) is 52.3 Å². The number of hydrogen-bond acceptors (Lipinski definition) is 6. The number of rotatable bonds is 5. The molecule has 1 saturated heterocycles. The Balaban J connectivity index is 1.52. The normalized spacial score (nSPS) is 17.0. The van der Waals surface area contributed by atoms with Gasteiger partial charge < -0.3 is 10.1 Å². The molecule has 1 atom stereocenters. The number of aromatic nitrogens is 3. The Labute approximate surface area is 149 Å². The van der Waals surface area contributed by atoms with Crippen LogP contribution >= 0.6 is 11.3 Å². The summed E-state index contributed by atoms with van der Waals surface area (Å²) in [6.07, 6.45) is 1.91. The predicted octanol–water partition coefficient (Wildman–Crippen LogP) is 2.72. The van der Waals surface area contributed by atoms with Crippen molar-refractivity contribution in [1.29, 1.82) is 0 Å². The average Bonchev–Trinajstić information content (AvgIpc) is 3.14. The molecule has 3 heterocycles. The average molecular weight is 361 g/mol. The first-order chi connectivity index (χ1) is 12.2. The van der Waals surface area contributed by atoms with Gasteiger partial charge in [-0.05, 0) is 24.6 Å². The first-order valence-corrected chi connectivity index (χ1v) is 9.14. The molecular formula is C17H20FN5OS. The Kier molecular flexibility index (Phi) is 4.65. The minimum Gasteiger partial charge on any atom is -0.379 e. The fourth-order valence-corrected chi connectivity index (χ4v) is 3.93. The molecule has 0 saturated carbocycles. The Morgan fingerprint density at radius 2 is 2.04 bits per heavy atom. The number of morpholine rings is 1. The third-order valence-electron chi connectivity index (χ3n) is 4.35. The second kappa shape index (κ2) is 7.07. The van der Waals surface area contributed by atoms with Crippen molar-refractivity contribution in [2.24, 2.45) is 0 Å². The lowest BCUT2D eigenvalue weighted by Crippen LogP contribution is -2.41. The van der Waals surface area contributed by atoms with E-state index in [0.29, 0.717) is 6.54 Å². The van der Waals surface area contributed by atoms with E-state index >= 15 is 0 Å². The SMILES string of the molecule is Cc1cn2nc(NCC(c3ccc(F)cc3)N3CCOCC3)sc2n1. The summed E-state index contributed by atoms with van der Waals surface area (Å²) in [5.74, 6) is -0.214. The zero-order valence-corrected chi connectivity index (χ0v) is 14.8. The van der Waals surface area contributed by atoms with E-state index in [4.69, 9.17) is 4.74 Å². The lowest BCUT2D eigenvalue weighted by atomic mass is 10.0. The number of fused-ring (bicyclic) bond motifs is 1. The monoisotopic (exact) mass is 361 g/mol. The summed E-state index contributed by atoms with van der Waals surface area (Å²) in [6.45, 7) is 5.83. The van der Waals surface area contributed by atoms with Crippen LogP contribution in [0.1, 0.15) is 17.3 Å². The van der Waals surface area contributed by atoms with E-state index in [9.17, 15) is 4.39 Å². The van der Waals surface area contributed by atoms with Gasteiger partial charge in [0.1, 0.15) is 5.82 Å². The summed E-state index contributed by atoms with van der Waals surface area (Å²) >= 11 is 1.53. The number of aryl methyl sites for hydroxylation is 1. The summed E-state index contributed by atoms with van der Waals surface area (Å²) in [5.41, 5.74) is 2.05. The highest BCUT2D eigenvalue weighted by atomic mass is 32.1. The number of halogens is 1. The molecule has 1 aromatic carbocycles. The molecule has 0 amide bonds. The van der Waals surface area contributed by atoms with Crippen LogP contribution in [0.25, 0.3) is 4.96 Å². The molecular weight excluding hydrogens is 341 g/mol. The lowest BCUT2D eigenvalue weighted by molar-refractivity contribution is 0.0187. The van der Waals surface area contributed by atoms with E-state index in [2.05, 4.69) is 20.3 Å². The van der Waals surface area contributed by atoms with E-state index in [1.54, 1.807) is 4.52 Å². The maximum Gasteiger partial charge on any atom is 0.214 e. The second-order valence-electron chi connectivity index (χ2n) is 6.11. The molecule has 1 N–H and O–H groups in total. The maximum atomic E-state index is 13.3. The van der Waals surface area contributed by atoms with Crippen LogP contribution in [-0.2, 0) is 4.74 Å². The van der Waals surface area contributed by atoms with Crippen molar-refractivity contribution in [2.45, 2.75) is 13.0 Å². The Morgan fingerprint density at radius 1 is 1.28 bits per heavy atom. The van der Waals surface area contributed by atoms with Crippen LogP contribution in [0.5, 0.6) is 0 Å². The topological polar surface area (TPSA) is 54.7 Å². The largest absolute Gasteiger partial charge is 0.379 e. The van der Waals surface area contributed by atoms with Gasteiger partial charge in [0.15, 0.2) is 0 Å². The number of ether oxygens (including phenoxy) is 1. The lowest BCUT2D eigenvalue weighted by Gasteiger charge is -2.34. The molecule has 1 aliphatic heterocycles. The molecule has 4 rings (SSSR count). The maximum absolute atomic E-state index is 13.3. The number of anilines is 1. The van der Waals surface area contributed by atoms with Gasteiger partial charge in [-0.1, -0.05) is 23.5 Å². The van der Waals surface area contributed by atoms with Gasteiger partial charge in [-0.3, -0.25) is 4.90 Å². The molecule has 0 bridgehead atoms. The van der Waals surface area contributed by atoms with Gasteiger partial charge in [0.05, 0.1) is 31.1 Å². The third kappa shape index (κ3) is 3.65. The van der Waals surface area contributed by atoms with Crippen molar-refractivity contribution in [3.8, 4) is 0 Å². The van der Waals surface area contributed by atoms with E-state index in [0.717, 1.165) is 47.7 Å². The first kappa shape index (κ1) is 16.4. The van der Waals surface area contributed by atoms with Crippen LogP contribution in [0, 0.1) is 12.7 Å². The van der Waals surface area contributed by atoms with Crippen molar-refractivity contribution in [3.63, 3.8) is 0 Å². The van der Waals surface area contributed by atoms with Gasteiger partial charge in [0.2, 0.25) is 10.1 Å². The fraction of sp³-hybridized carbons (Fsp3) is 0.412. The zero-order valence-electron chi connectivity index (χ0n) is 14.0. The molecule has 1 fully saturated rings. The summed E-state index contributed by atoms with van der Waals surface area (Å²) < 4.78 is 20.6. The molecule has 25 heavy (non-hydrogen) atoms. The molecule has 1 unspecified atom stereocenters. The Hall–Kier alpha value is -2.03. The number of nitrogens with zero attached hydrogens (tertiary/aromatic N) is 4. The van der Waals surface area contributed by atoms with Crippen LogP contribution in [0.4, 0.5) is 9.52 Å². The third-order valence-corrected chi connectivity index (χ3v) is 5.23. The zero-order chi connectivity index (χ0) is 17.2. The van der Waals surface area contributed by atoms with Gasteiger partial charge in [-0.15, -0.1) is 5.10 Å². The van der Waals surface area contributed by atoms with Crippen LogP contribution in [0.3, 0.4) is 0 Å². The van der Waals surface area contributed by atoms with Gasteiger partial charge in [-0.25, -0.2) is 13.9 Å². The van der Waals surface area contributed by atoms with Crippen molar-refractivity contribution >= 4 is 21.4 Å². The quantitative estimate of drug-likeness (QED) is 0.757. The van der Waals surface area contributed by atoms with E-state index in [1.807, 2.05) is 25.3 Å². The molecule has 3 aromatic rings. The minimum absolute atomic E-state index is 0.141. The van der Waals surface area contributed by atoms with Gasteiger partial charge in [0.25, 0.3) is 0 Å².